The maximum Gasteiger partial charge on any atom is 0.111 e. The lowest BCUT2D eigenvalue weighted by molar-refractivity contribution is 0.513. The van der Waals surface area contributed by atoms with Crippen molar-refractivity contribution in [3.05, 3.63) is 35.3 Å². The van der Waals surface area contributed by atoms with E-state index in [4.69, 9.17) is 4.42 Å². The minimum absolute atomic E-state index is 1.00. The molecule has 0 saturated heterocycles. The van der Waals surface area contributed by atoms with Gasteiger partial charge in [0.05, 0.1) is 6.26 Å². The zero-order valence-corrected chi connectivity index (χ0v) is 6.05. The van der Waals surface area contributed by atoms with Crippen LogP contribution in [0.3, 0.4) is 0 Å². The Balaban J connectivity index is 2.39. The van der Waals surface area contributed by atoms with Gasteiger partial charge in [0.15, 0.2) is 0 Å². The molecule has 1 nitrogen and oxygen atoms in total. The molecule has 0 amide bonds. The topological polar surface area (TPSA) is 13.1 Å². The number of fused-ring (bicyclic) bond motifs is 1. The fourth-order valence-corrected chi connectivity index (χ4v) is 1.31. The van der Waals surface area contributed by atoms with Gasteiger partial charge in [-0.2, -0.15) is 0 Å². The van der Waals surface area contributed by atoms with Crippen LogP contribution in [-0.2, 0) is 12.8 Å². The molecule has 0 radical (unpaired) electrons. The lowest BCUT2D eigenvalue weighted by Gasteiger charge is -2.06. The molecule has 1 aromatic rings. The van der Waals surface area contributed by atoms with Gasteiger partial charge in [-0.1, -0.05) is 11.6 Å². The molecular formula is C9H10O. The van der Waals surface area contributed by atoms with E-state index in [-0.39, 0.29) is 0 Å². The molecule has 0 unspecified atom stereocenters. The molecule has 0 saturated carbocycles. The fraction of sp³-hybridized carbons (Fsp3) is 0.333. The van der Waals surface area contributed by atoms with Crippen molar-refractivity contribution in [2.45, 2.75) is 19.8 Å². The van der Waals surface area contributed by atoms with Crippen LogP contribution in [0.15, 0.2) is 28.4 Å². The number of hydrogen-bond acceptors (Lipinski definition) is 1. The number of hydrogen-bond donors (Lipinski definition) is 0. The van der Waals surface area contributed by atoms with E-state index in [9.17, 15) is 0 Å². The monoisotopic (exact) mass is 134 g/mol. The molecule has 0 aliphatic heterocycles. The minimum Gasteiger partial charge on any atom is -0.469 e. The molecule has 2 rings (SSSR count). The van der Waals surface area contributed by atoms with E-state index < -0.39 is 0 Å². The van der Waals surface area contributed by atoms with Gasteiger partial charge < -0.3 is 4.42 Å². The Morgan fingerprint density at radius 1 is 1.50 bits per heavy atom. The maximum atomic E-state index is 5.29. The normalized spacial score (nSPS) is 16.3. The second-order valence-corrected chi connectivity index (χ2v) is 2.80. The van der Waals surface area contributed by atoms with Crippen molar-refractivity contribution in [1.29, 1.82) is 0 Å². The highest BCUT2D eigenvalue weighted by molar-refractivity contribution is 5.29. The summed E-state index contributed by atoms with van der Waals surface area (Å²) >= 11 is 0. The van der Waals surface area contributed by atoms with E-state index in [2.05, 4.69) is 19.1 Å². The van der Waals surface area contributed by atoms with Gasteiger partial charge >= 0.3 is 0 Å². The number of rotatable bonds is 0. The van der Waals surface area contributed by atoms with Gasteiger partial charge in [-0.05, 0) is 25.0 Å². The van der Waals surface area contributed by atoms with Crippen molar-refractivity contribution in [3.8, 4) is 0 Å². The molecule has 0 aromatic carbocycles. The van der Waals surface area contributed by atoms with E-state index in [1.807, 2.05) is 0 Å². The Morgan fingerprint density at radius 3 is 3.30 bits per heavy atom. The van der Waals surface area contributed by atoms with Gasteiger partial charge in [-0.3, -0.25) is 0 Å². The summed E-state index contributed by atoms with van der Waals surface area (Å²) in [4.78, 5) is 0. The summed E-state index contributed by atoms with van der Waals surface area (Å²) in [7, 11) is 0. The Kier molecular flexibility index (Phi) is 1.16. The summed E-state index contributed by atoms with van der Waals surface area (Å²) in [5.41, 5.74) is 2.77. The highest BCUT2D eigenvalue weighted by Gasteiger charge is 2.09. The Labute approximate surface area is 60.4 Å². The van der Waals surface area contributed by atoms with E-state index in [0.717, 1.165) is 18.6 Å². The van der Waals surface area contributed by atoms with Crippen LogP contribution < -0.4 is 0 Å². The smallest absolute Gasteiger partial charge is 0.111 e. The molecule has 1 aromatic heterocycles. The van der Waals surface area contributed by atoms with Gasteiger partial charge in [0, 0.05) is 6.42 Å². The summed E-state index contributed by atoms with van der Waals surface area (Å²) in [6.45, 7) is 2.14. The van der Waals surface area contributed by atoms with Crippen LogP contribution in [-0.4, -0.2) is 0 Å². The van der Waals surface area contributed by atoms with Crippen molar-refractivity contribution in [2.75, 3.05) is 0 Å². The molecule has 1 heteroatoms. The van der Waals surface area contributed by atoms with Gasteiger partial charge in [-0.25, -0.2) is 0 Å². The molecule has 52 valence electrons. The van der Waals surface area contributed by atoms with Crippen molar-refractivity contribution in [2.24, 2.45) is 0 Å². The average molecular weight is 134 g/mol. The van der Waals surface area contributed by atoms with Gasteiger partial charge in [0.1, 0.15) is 5.76 Å². The highest BCUT2D eigenvalue weighted by atomic mass is 16.3. The van der Waals surface area contributed by atoms with Crippen LogP contribution in [0.25, 0.3) is 0 Å². The lowest BCUT2D eigenvalue weighted by Crippen LogP contribution is -1.96. The summed E-state index contributed by atoms with van der Waals surface area (Å²) in [6, 6.07) is 2.05. The van der Waals surface area contributed by atoms with Crippen molar-refractivity contribution in [3.63, 3.8) is 0 Å². The summed E-state index contributed by atoms with van der Waals surface area (Å²) in [5, 5.41) is 0. The molecule has 1 aliphatic carbocycles. The van der Waals surface area contributed by atoms with Crippen LogP contribution in [0.5, 0.6) is 0 Å². The molecule has 0 spiro atoms. The summed E-state index contributed by atoms with van der Waals surface area (Å²) < 4.78 is 5.29. The van der Waals surface area contributed by atoms with Crippen LogP contribution >= 0.6 is 0 Å². The quantitative estimate of drug-likeness (QED) is 0.496. The molecule has 0 bridgehead atoms. The maximum absolute atomic E-state index is 5.29. The SMILES string of the molecule is CC1=CCc2ccoc2C1. The Hall–Kier alpha value is -0.980. The zero-order valence-electron chi connectivity index (χ0n) is 6.05. The zero-order chi connectivity index (χ0) is 6.97. The Bertz CT molecular complexity index is 268. The molecule has 1 aliphatic rings. The first-order chi connectivity index (χ1) is 4.86. The van der Waals surface area contributed by atoms with Gasteiger partial charge in [-0.15, -0.1) is 0 Å². The third-order valence-corrected chi connectivity index (χ3v) is 1.95. The summed E-state index contributed by atoms with van der Waals surface area (Å²) in [5.74, 6) is 1.15. The predicted octanol–water partition coefficient (Wildman–Crippen LogP) is 2.32. The highest BCUT2D eigenvalue weighted by Crippen LogP contribution is 2.20. The largest absolute Gasteiger partial charge is 0.469 e. The Morgan fingerprint density at radius 2 is 2.40 bits per heavy atom. The van der Waals surface area contributed by atoms with Crippen molar-refractivity contribution in [1.82, 2.24) is 0 Å². The number of furan rings is 1. The standard InChI is InChI=1S/C9H10O/c1-7-2-3-8-4-5-10-9(8)6-7/h2,4-5H,3,6H2,1H3. The van der Waals surface area contributed by atoms with E-state index in [1.54, 1.807) is 6.26 Å². The van der Waals surface area contributed by atoms with Crippen LogP contribution in [0.1, 0.15) is 18.2 Å². The van der Waals surface area contributed by atoms with E-state index in [1.165, 1.54) is 11.1 Å². The van der Waals surface area contributed by atoms with E-state index >= 15 is 0 Å². The van der Waals surface area contributed by atoms with E-state index in [0.29, 0.717) is 0 Å². The third-order valence-electron chi connectivity index (χ3n) is 1.95. The third kappa shape index (κ3) is 0.783. The fourth-order valence-electron chi connectivity index (χ4n) is 1.31. The lowest BCUT2D eigenvalue weighted by atomic mass is 10.00. The van der Waals surface area contributed by atoms with Crippen molar-refractivity contribution < 1.29 is 4.42 Å². The molecular weight excluding hydrogens is 124 g/mol. The van der Waals surface area contributed by atoms with Gasteiger partial charge in [0.2, 0.25) is 0 Å². The van der Waals surface area contributed by atoms with Gasteiger partial charge in [0.25, 0.3) is 0 Å². The second-order valence-electron chi connectivity index (χ2n) is 2.80. The molecule has 0 N–H and O–H groups in total. The first-order valence-electron chi connectivity index (χ1n) is 3.57. The van der Waals surface area contributed by atoms with Crippen LogP contribution in [0.4, 0.5) is 0 Å². The predicted molar refractivity (Wildman–Crippen MR) is 39.9 cm³/mol. The first-order valence-corrected chi connectivity index (χ1v) is 3.57. The number of allylic oxidation sites excluding steroid dienone is 2. The molecule has 1 heterocycles. The van der Waals surface area contributed by atoms with Crippen LogP contribution in [0, 0.1) is 0 Å². The molecule has 10 heavy (non-hydrogen) atoms. The molecule has 0 fully saturated rings. The summed E-state index contributed by atoms with van der Waals surface area (Å²) in [6.07, 6.45) is 6.09. The van der Waals surface area contributed by atoms with Crippen molar-refractivity contribution >= 4 is 0 Å². The first kappa shape index (κ1) is 5.78. The minimum atomic E-state index is 1.00. The second kappa shape index (κ2) is 2.01. The molecule has 0 atom stereocenters. The average Bonchev–Trinajstić information content (AvgIpc) is 2.33. The van der Waals surface area contributed by atoms with Crippen LogP contribution in [0.2, 0.25) is 0 Å².